The molecule has 1 amide bonds. The molecule has 0 spiro atoms. The SMILES string of the molecule is CCc1cccc(C)c1NC(=O)C(C)(C)c1ccc2c(c1)OCO2. The van der Waals surface area contributed by atoms with Gasteiger partial charge in [-0.3, -0.25) is 4.79 Å². The minimum absolute atomic E-state index is 0.0367. The van der Waals surface area contributed by atoms with Crippen molar-refractivity contribution in [3.63, 3.8) is 0 Å². The molecule has 0 aliphatic carbocycles. The molecule has 4 nitrogen and oxygen atoms in total. The number of hydrogen-bond donors (Lipinski definition) is 1. The molecule has 126 valence electrons. The quantitative estimate of drug-likeness (QED) is 0.916. The lowest BCUT2D eigenvalue weighted by Gasteiger charge is -2.25. The summed E-state index contributed by atoms with van der Waals surface area (Å²) in [6.07, 6.45) is 0.877. The van der Waals surface area contributed by atoms with Crippen LogP contribution in [0, 0.1) is 6.92 Å². The van der Waals surface area contributed by atoms with E-state index in [1.807, 2.05) is 51.1 Å². The van der Waals surface area contributed by atoms with Crippen LogP contribution in [0.2, 0.25) is 0 Å². The summed E-state index contributed by atoms with van der Waals surface area (Å²) in [5, 5.41) is 3.13. The Morgan fingerprint density at radius 2 is 1.92 bits per heavy atom. The van der Waals surface area contributed by atoms with Crippen molar-refractivity contribution in [2.45, 2.75) is 39.5 Å². The van der Waals surface area contributed by atoms with E-state index < -0.39 is 5.41 Å². The van der Waals surface area contributed by atoms with Gasteiger partial charge in [0.15, 0.2) is 11.5 Å². The Morgan fingerprint density at radius 3 is 2.67 bits per heavy atom. The first-order valence-corrected chi connectivity index (χ1v) is 8.23. The van der Waals surface area contributed by atoms with E-state index in [1.165, 1.54) is 0 Å². The number of carbonyl (C=O) groups is 1. The third kappa shape index (κ3) is 2.84. The molecule has 0 radical (unpaired) electrons. The van der Waals surface area contributed by atoms with Crippen molar-refractivity contribution in [2.75, 3.05) is 12.1 Å². The summed E-state index contributed by atoms with van der Waals surface area (Å²) in [7, 11) is 0. The predicted molar refractivity (Wildman–Crippen MR) is 94.8 cm³/mol. The summed E-state index contributed by atoms with van der Waals surface area (Å²) in [6.45, 7) is 8.18. The lowest BCUT2D eigenvalue weighted by Crippen LogP contribution is -2.35. The second-order valence-corrected chi connectivity index (χ2v) is 6.61. The fourth-order valence-electron chi connectivity index (χ4n) is 2.89. The van der Waals surface area contributed by atoms with Crippen LogP contribution in [0.25, 0.3) is 0 Å². The third-order valence-electron chi connectivity index (χ3n) is 4.64. The van der Waals surface area contributed by atoms with E-state index in [4.69, 9.17) is 9.47 Å². The molecule has 1 heterocycles. The fourth-order valence-corrected chi connectivity index (χ4v) is 2.89. The van der Waals surface area contributed by atoms with Crippen molar-refractivity contribution < 1.29 is 14.3 Å². The van der Waals surface area contributed by atoms with E-state index in [0.29, 0.717) is 5.75 Å². The molecule has 0 unspecified atom stereocenters. The molecule has 2 aromatic carbocycles. The average Bonchev–Trinajstić information content (AvgIpc) is 3.04. The average molecular weight is 325 g/mol. The number of hydrogen-bond acceptors (Lipinski definition) is 3. The molecular weight excluding hydrogens is 302 g/mol. The van der Waals surface area contributed by atoms with Crippen LogP contribution in [0.15, 0.2) is 36.4 Å². The number of anilines is 1. The summed E-state index contributed by atoms with van der Waals surface area (Å²) in [6, 6.07) is 11.8. The highest BCUT2D eigenvalue weighted by atomic mass is 16.7. The van der Waals surface area contributed by atoms with Crippen LogP contribution in [-0.2, 0) is 16.6 Å². The van der Waals surface area contributed by atoms with Gasteiger partial charge in [-0.1, -0.05) is 31.2 Å². The largest absolute Gasteiger partial charge is 0.454 e. The van der Waals surface area contributed by atoms with Gasteiger partial charge in [-0.05, 0) is 56.0 Å². The van der Waals surface area contributed by atoms with Gasteiger partial charge in [0.05, 0.1) is 5.41 Å². The molecule has 0 atom stereocenters. The number of carbonyl (C=O) groups excluding carboxylic acids is 1. The summed E-state index contributed by atoms with van der Waals surface area (Å²) in [5.41, 5.74) is 3.34. The van der Waals surface area contributed by atoms with Gasteiger partial charge in [0.1, 0.15) is 0 Å². The minimum atomic E-state index is -0.686. The Hall–Kier alpha value is -2.49. The highest BCUT2D eigenvalue weighted by Crippen LogP contribution is 2.37. The van der Waals surface area contributed by atoms with Gasteiger partial charge in [0.25, 0.3) is 0 Å². The van der Waals surface area contributed by atoms with E-state index in [9.17, 15) is 4.79 Å². The normalized spacial score (nSPS) is 13.0. The maximum absolute atomic E-state index is 13.0. The van der Waals surface area contributed by atoms with E-state index in [1.54, 1.807) is 0 Å². The van der Waals surface area contributed by atoms with Gasteiger partial charge in [0, 0.05) is 5.69 Å². The standard InChI is InChI=1S/C20H23NO3/c1-5-14-8-6-7-13(2)18(14)21-19(22)20(3,4)15-9-10-16-17(11-15)24-12-23-16/h6-11H,5,12H2,1-4H3,(H,21,22). The molecule has 4 heteroatoms. The Labute approximate surface area is 142 Å². The highest BCUT2D eigenvalue weighted by Gasteiger charge is 2.32. The number of aryl methyl sites for hydroxylation is 2. The highest BCUT2D eigenvalue weighted by molar-refractivity contribution is 5.99. The van der Waals surface area contributed by atoms with Gasteiger partial charge < -0.3 is 14.8 Å². The van der Waals surface area contributed by atoms with Crippen molar-refractivity contribution in [1.29, 1.82) is 0 Å². The molecule has 1 N–H and O–H groups in total. The smallest absolute Gasteiger partial charge is 0.234 e. The zero-order chi connectivity index (χ0) is 17.3. The zero-order valence-electron chi connectivity index (χ0n) is 14.6. The van der Waals surface area contributed by atoms with E-state index in [-0.39, 0.29) is 12.7 Å². The van der Waals surface area contributed by atoms with Gasteiger partial charge in [-0.2, -0.15) is 0 Å². The molecule has 0 aromatic heterocycles. The molecule has 1 aliphatic heterocycles. The zero-order valence-corrected chi connectivity index (χ0v) is 14.6. The maximum atomic E-state index is 13.0. The monoisotopic (exact) mass is 325 g/mol. The van der Waals surface area contributed by atoms with Crippen molar-refractivity contribution in [2.24, 2.45) is 0 Å². The first-order chi connectivity index (χ1) is 11.4. The number of fused-ring (bicyclic) bond motifs is 1. The lowest BCUT2D eigenvalue weighted by atomic mass is 9.83. The van der Waals surface area contributed by atoms with Crippen molar-refractivity contribution >= 4 is 11.6 Å². The predicted octanol–water partition coefficient (Wildman–Crippen LogP) is 4.20. The summed E-state index contributed by atoms with van der Waals surface area (Å²) < 4.78 is 10.8. The first-order valence-electron chi connectivity index (χ1n) is 8.23. The minimum Gasteiger partial charge on any atom is -0.454 e. The van der Waals surface area contributed by atoms with Crippen molar-refractivity contribution in [1.82, 2.24) is 0 Å². The second-order valence-electron chi connectivity index (χ2n) is 6.61. The molecule has 0 bridgehead atoms. The molecule has 2 aromatic rings. The summed E-state index contributed by atoms with van der Waals surface area (Å²) in [5.74, 6) is 1.38. The van der Waals surface area contributed by atoms with Crippen LogP contribution < -0.4 is 14.8 Å². The van der Waals surface area contributed by atoms with E-state index in [2.05, 4.69) is 18.3 Å². The molecule has 3 rings (SSSR count). The van der Waals surface area contributed by atoms with Crippen LogP contribution in [0.4, 0.5) is 5.69 Å². The molecule has 0 saturated carbocycles. The topological polar surface area (TPSA) is 47.6 Å². The molecule has 24 heavy (non-hydrogen) atoms. The molecular formula is C20H23NO3. The Balaban J connectivity index is 1.89. The van der Waals surface area contributed by atoms with Crippen LogP contribution in [0.3, 0.4) is 0 Å². The summed E-state index contributed by atoms with van der Waals surface area (Å²) in [4.78, 5) is 13.0. The Morgan fingerprint density at radius 1 is 1.17 bits per heavy atom. The number of ether oxygens (including phenoxy) is 2. The number of nitrogens with one attached hydrogen (secondary N) is 1. The fraction of sp³-hybridized carbons (Fsp3) is 0.350. The third-order valence-corrected chi connectivity index (χ3v) is 4.64. The van der Waals surface area contributed by atoms with Crippen LogP contribution >= 0.6 is 0 Å². The Bertz CT molecular complexity index is 780. The van der Waals surface area contributed by atoms with Gasteiger partial charge >= 0.3 is 0 Å². The first kappa shape index (κ1) is 16.4. The molecule has 0 saturated heterocycles. The van der Waals surface area contributed by atoms with Gasteiger partial charge in [-0.15, -0.1) is 0 Å². The summed E-state index contributed by atoms with van der Waals surface area (Å²) >= 11 is 0. The van der Waals surface area contributed by atoms with Crippen LogP contribution in [0.1, 0.15) is 37.5 Å². The van der Waals surface area contributed by atoms with Crippen LogP contribution in [0.5, 0.6) is 11.5 Å². The number of amides is 1. The van der Waals surface area contributed by atoms with Crippen molar-refractivity contribution in [3.05, 3.63) is 53.1 Å². The number of para-hydroxylation sites is 1. The number of rotatable bonds is 4. The van der Waals surface area contributed by atoms with E-state index >= 15 is 0 Å². The van der Waals surface area contributed by atoms with Gasteiger partial charge in [-0.25, -0.2) is 0 Å². The second kappa shape index (κ2) is 6.19. The Kier molecular flexibility index (Phi) is 4.22. The van der Waals surface area contributed by atoms with Gasteiger partial charge in [0.2, 0.25) is 12.7 Å². The lowest BCUT2D eigenvalue weighted by molar-refractivity contribution is -0.120. The maximum Gasteiger partial charge on any atom is 0.234 e. The van der Waals surface area contributed by atoms with Crippen LogP contribution in [-0.4, -0.2) is 12.7 Å². The molecule has 0 fully saturated rings. The van der Waals surface area contributed by atoms with E-state index in [0.717, 1.165) is 34.5 Å². The van der Waals surface area contributed by atoms with Crippen molar-refractivity contribution in [3.8, 4) is 11.5 Å². The number of benzene rings is 2. The molecule has 1 aliphatic rings.